The minimum Gasteiger partial charge on any atom is -0.352 e. The molecule has 0 aliphatic carbocycles. The van der Waals surface area contributed by atoms with Gasteiger partial charge in [-0.2, -0.15) is 5.10 Å². The summed E-state index contributed by atoms with van der Waals surface area (Å²) in [6.45, 7) is 2.32. The number of hydrazone groups is 1. The van der Waals surface area contributed by atoms with Gasteiger partial charge in [0.2, 0.25) is 0 Å². The average molecular weight is 466 g/mol. The molecular formula is C25H31N5O4. The molecule has 0 saturated carbocycles. The monoisotopic (exact) mass is 465 g/mol. The molecule has 34 heavy (non-hydrogen) atoms. The molecule has 1 heterocycles. The Morgan fingerprint density at radius 2 is 1.74 bits per heavy atom. The van der Waals surface area contributed by atoms with Crippen LogP contribution < -0.4 is 10.7 Å². The van der Waals surface area contributed by atoms with Crippen LogP contribution in [-0.4, -0.2) is 53.5 Å². The summed E-state index contributed by atoms with van der Waals surface area (Å²) in [5.41, 5.74) is 3.94. The number of unbranched alkanes of at least 4 members (excludes halogenated alkanes) is 1. The molecule has 3 rings (SSSR count). The molecule has 2 amide bonds. The number of likely N-dealkylation sites (tertiary alicyclic amines) is 1. The molecule has 2 N–H and O–H groups in total. The molecule has 180 valence electrons. The molecule has 2 aromatic rings. The molecule has 0 radical (unpaired) electrons. The molecule has 1 atom stereocenters. The van der Waals surface area contributed by atoms with Crippen LogP contribution in [0, 0.1) is 10.1 Å². The lowest BCUT2D eigenvalue weighted by Crippen LogP contribution is -2.47. The maximum atomic E-state index is 12.9. The number of nitro groups is 1. The smallest absolute Gasteiger partial charge is 0.269 e. The largest absolute Gasteiger partial charge is 0.352 e. The summed E-state index contributed by atoms with van der Waals surface area (Å²) in [7, 11) is 0. The number of carbonyl (C=O) groups is 2. The number of piperidine rings is 1. The number of non-ortho nitro benzene ring substituents is 1. The number of amides is 2. The Kier molecular flexibility index (Phi) is 9.72. The number of nitro benzene ring substituents is 1. The van der Waals surface area contributed by atoms with Gasteiger partial charge in [-0.3, -0.25) is 24.6 Å². The minimum absolute atomic E-state index is 0.00584. The highest BCUT2D eigenvalue weighted by atomic mass is 16.6. The lowest BCUT2D eigenvalue weighted by atomic mass is 10.0. The van der Waals surface area contributed by atoms with Crippen LogP contribution in [0.2, 0.25) is 0 Å². The fourth-order valence-electron chi connectivity index (χ4n) is 3.99. The molecule has 0 unspecified atom stereocenters. The van der Waals surface area contributed by atoms with Crippen molar-refractivity contribution in [1.82, 2.24) is 15.6 Å². The topological polar surface area (TPSA) is 117 Å². The van der Waals surface area contributed by atoms with Crippen LogP contribution in [0.3, 0.4) is 0 Å². The van der Waals surface area contributed by atoms with Crippen molar-refractivity contribution in [3.05, 3.63) is 75.8 Å². The van der Waals surface area contributed by atoms with Crippen LogP contribution >= 0.6 is 0 Å². The van der Waals surface area contributed by atoms with Crippen molar-refractivity contribution in [1.29, 1.82) is 0 Å². The van der Waals surface area contributed by atoms with Gasteiger partial charge >= 0.3 is 0 Å². The maximum Gasteiger partial charge on any atom is 0.269 e. The van der Waals surface area contributed by atoms with Crippen molar-refractivity contribution < 1.29 is 14.5 Å². The quantitative estimate of drug-likeness (QED) is 0.228. The van der Waals surface area contributed by atoms with Crippen LogP contribution in [0.1, 0.15) is 54.4 Å². The van der Waals surface area contributed by atoms with Gasteiger partial charge in [0.05, 0.1) is 17.2 Å². The molecular weight excluding hydrogens is 434 g/mol. The highest BCUT2D eigenvalue weighted by Gasteiger charge is 2.26. The van der Waals surface area contributed by atoms with Gasteiger partial charge in [0.15, 0.2) is 0 Å². The summed E-state index contributed by atoms with van der Waals surface area (Å²) in [4.78, 5) is 37.6. The summed E-state index contributed by atoms with van der Waals surface area (Å²) < 4.78 is 0. The van der Waals surface area contributed by atoms with Crippen molar-refractivity contribution in [3.63, 3.8) is 0 Å². The van der Waals surface area contributed by atoms with Crippen LogP contribution in [-0.2, 0) is 4.79 Å². The van der Waals surface area contributed by atoms with Crippen molar-refractivity contribution in [2.24, 2.45) is 5.10 Å². The third kappa shape index (κ3) is 7.77. The molecule has 2 aromatic carbocycles. The fraction of sp³-hybridized carbons (Fsp3) is 0.400. The Morgan fingerprint density at radius 1 is 1.03 bits per heavy atom. The van der Waals surface area contributed by atoms with E-state index in [0.29, 0.717) is 24.1 Å². The molecule has 1 aliphatic rings. The molecule has 0 bridgehead atoms. The van der Waals surface area contributed by atoms with E-state index in [1.807, 2.05) is 18.2 Å². The number of carbonyl (C=O) groups excluding carboxylic acids is 2. The molecule has 9 nitrogen and oxygen atoms in total. The minimum atomic E-state index is -0.459. The van der Waals surface area contributed by atoms with E-state index in [2.05, 4.69) is 20.7 Å². The van der Waals surface area contributed by atoms with Gasteiger partial charge in [-0.15, -0.1) is 0 Å². The maximum absolute atomic E-state index is 12.9. The van der Waals surface area contributed by atoms with E-state index in [1.165, 1.54) is 24.8 Å². The standard InChI is InChI=1S/C25H31N5O4/c31-24(21-9-3-1-4-10-21)26-16-6-5-11-23(29-17-7-2-8-18-29)25(32)28-27-19-20-12-14-22(15-13-20)30(33)34/h1,3-4,9-10,12-15,19,23H,2,5-8,11,16-18H2,(H,26,31)(H,28,32)/b27-19+/t23-/m1/s1. The van der Waals surface area contributed by atoms with Crippen molar-refractivity contribution in [2.75, 3.05) is 19.6 Å². The second kappa shape index (κ2) is 13.2. The van der Waals surface area contributed by atoms with E-state index in [1.54, 1.807) is 24.3 Å². The highest BCUT2D eigenvalue weighted by molar-refractivity contribution is 5.94. The van der Waals surface area contributed by atoms with E-state index in [0.717, 1.165) is 38.8 Å². The predicted octanol–water partition coefficient (Wildman–Crippen LogP) is 3.50. The lowest BCUT2D eigenvalue weighted by molar-refractivity contribution is -0.384. The Morgan fingerprint density at radius 3 is 2.41 bits per heavy atom. The van der Waals surface area contributed by atoms with Gasteiger partial charge in [-0.25, -0.2) is 5.43 Å². The van der Waals surface area contributed by atoms with E-state index in [9.17, 15) is 19.7 Å². The number of nitrogens with zero attached hydrogens (tertiary/aromatic N) is 3. The number of nitrogens with one attached hydrogen (secondary N) is 2. The number of hydrogen-bond acceptors (Lipinski definition) is 6. The summed E-state index contributed by atoms with van der Waals surface area (Å²) in [5.74, 6) is -0.250. The Labute approximate surface area is 199 Å². The zero-order chi connectivity index (χ0) is 24.2. The molecule has 0 spiro atoms. The zero-order valence-electron chi connectivity index (χ0n) is 19.2. The molecule has 9 heteroatoms. The van der Waals surface area contributed by atoms with Crippen molar-refractivity contribution >= 4 is 23.7 Å². The van der Waals surface area contributed by atoms with E-state index in [-0.39, 0.29) is 23.5 Å². The third-order valence-corrected chi connectivity index (χ3v) is 5.85. The number of hydrogen-bond donors (Lipinski definition) is 2. The first kappa shape index (κ1) is 25.0. The second-order valence-corrected chi connectivity index (χ2v) is 8.31. The SMILES string of the molecule is O=C(NCCCC[C@H](C(=O)N/N=C/c1ccc([N+](=O)[O-])cc1)N1CCCCC1)c1ccccc1. The Bertz CT molecular complexity index is 973. The molecule has 1 aliphatic heterocycles. The van der Waals surface area contributed by atoms with Gasteiger partial charge in [-0.1, -0.05) is 24.6 Å². The fourth-order valence-corrected chi connectivity index (χ4v) is 3.99. The van der Waals surface area contributed by atoms with Gasteiger partial charge in [0, 0.05) is 24.2 Å². The third-order valence-electron chi connectivity index (χ3n) is 5.85. The van der Waals surface area contributed by atoms with E-state index >= 15 is 0 Å². The van der Waals surface area contributed by atoms with Gasteiger partial charge in [0.25, 0.3) is 17.5 Å². The Hall–Kier alpha value is -3.59. The zero-order valence-corrected chi connectivity index (χ0v) is 19.2. The first-order chi connectivity index (χ1) is 16.5. The second-order valence-electron chi connectivity index (χ2n) is 8.31. The average Bonchev–Trinajstić information content (AvgIpc) is 2.87. The van der Waals surface area contributed by atoms with Gasteiger partial charge in [0.1, 0.15) is 0 Å². The number of benzene rings is 2. The van der Waals surface area contributed by atoms with Gasteiger partial charge < -0.3 is 5.32 Å². The van der Waals surface area contributed by atoms with E-state index in [4.69, 9.17) is 0 Å². The first-order valence-corrected chi connectivity index (χ1v) is 11.7. The lowest BCUT2D eigenvalue weighted by Gasteiger charge is -2.33. The Balaban J connectivity index is 1.48. The van der Waals surface area contributed by atoms with Crippen LogP contribution in [0.25, 0.3) is 0 Å². The summed E-state index contributed by atoms with van der Waals surface area (Å²) >= 11 is 0. The first-order valence-electron chi connectivity index (χ1n) is 11.7. The van der Waals surface area contributed by atoms with Crippen LogP contribution in [0.15, 0.2) is 59.7 Å². The molecule has 1 saturated heterocycles. The highest BCUT2D eigenvalue weighted by Crippen LogP contribution is 2.17. The van der Waals surface area contributed by atoms with Crippen molar-refractivity contribution in [3.8, 4) is 0 Å². The normalized spacial score (nSPS) is 15.1. The molecule has 1 fully saturated rings. The summed E-state index contributed by atoms with van der Waals surface area (Å²) in [6, 6.07) is 14.8. The van der Waals surface area contributed by atoms with E-state index < -0.39 is 4.92 Å². The summed E-state index contributed by atoms with van der Waals surface area (Å²) in [5, 5.41) is 17.7. The number of rotatable bonds is 11. The van der Waals surface area contributed by atoms with Crippen LogP contribution in [0.4, 0.5) is 5.69 Å². The summed E-state index contributed by atoms with van der Waals surface area (Å²) in [6.07, 6.45) is 7.06. The van der Waals surface area contributed by atoms with Crippen LogP contribution in [0.5, 0.6) is 0 Å². The molecule has 0 aromatic heterocycles. The van der Waals surface area contributed by atoms with Gasteiger partial charge in [-0.05, 0) is 75.0 Å². The predicted molar refractivity (Wildman–Crippen MR) is 131 cm³/mol. The van der Waals surface area contributed by atoms with Crippen molar-refractivity contribution in [2.45, 2.75) is 44.6 Å².